The first-order chi connectivity index (χ1) is 7.33. The summed E-state index contributed by atoms with van der Waals surface area (Å²) in [5.74, 6) is 0.851. The first-order valence-electron chi connectivity index (χ1n) is 4.84. The molecule has 1 heterocycles. The predicted molar refractivity (Wildman–Crippen MR) is 56.8 cm³/mol. The fourth-order valence-corrected chi connectivity index (χ4v) is 1.54. The van der Waals surface area contributed by atoms with E-state index in [2.05, 4.69) is 0 Å². The number of hydrogen-bond donors (Lipinski definition) is 0. The molecule has 1 aromatic carbocycles. The maximum absolute atomic E-state index is 5.60. The first kappa shape index (κ1) is 10.2. The van der Waals surface area contributed by atoms with Crippen molar-refractivity contribution < 1.29 is 14.2 Å². The topological polar surface area (TPSA) is 27.7 Å². The molecule has 2 atom stereocenters. The molecule has 0 spiro atoms. The van der Waals surface area contributed by atoms with Gasteiger partial charge in [-0.05, 0) is 23.8 Å². The zero-order chi connectivity index (χ0) is 10.7. The molecule has 0 radical (unpaired) electrons. The minimum absolute atomic E-state index is 0.0131. The summed E-state index contributed by atoms with van der Waals surface area (Å²) in [4.78, 5) is 0. The number of benzene rings is 1. The highest BCUT2D eigenvalue weighted by atomic mass is 16.7. The average molecular weight is 206 g/mol. The van der Waals surface area contributed by atoms with Crippen LogP contribution in [0.2, 0.25) is 0 Å². The van der Waals surface area contributed by atoms with Crippen LogP contribution < -0.4 is 4.74 Å². The van der Waals surface area contributed by atoms with Crippen molar-refractivity contribution in [2.45, 2.75) is 12.4 Å². The van der Waals surface area contributed by atoms with Gasteiger partial charge in [0, 0.05) is 7.11 Å². The number of methoxy groups -OCH3 is 2. The smallest absolute Gasteiger partial charge is 0.177 e. The van der Waals surface area contributed by atoms with Gasteiger partial charge in [0.25, 0.3) is 0 Å². The number of ether oxygens (including phenoxy) is 3. The Morgan fingerprint density at radius 1 is 1.07 bits per heavy atom. The lowest BCUT2D eigenvalue weighted by molar-refractivity contribution is -0.0991. The number of rotatable bonds is 3. The molecule has 0 amide bonds. The highest BCUT2D eigenvalue weighted by Gasteiger charge is 2.19. The van der Waals surface area contributed by atoms with E-state index >= 15 is 0 Å². The van der Waals surface area contributed by atoms with E-state index in [4.69, 9.17) is 14.2 Å². The molecule has 1 aliphatic heterocycles. The lowest BCUT2D eigenvalue weighted by Gasteiger charge is -2.13. The van der Waals surface area contributed by atoms with E-state index in [1.807, 2.05) is 36.4 Å². The lowest BCUT2D eigenvalue weighted by atomic mass is 10.1. The SMILES string of the molecule is COc1ccc(C2C=CC(OC)O2)cc1. The maximum atomic E-state index is 5.60. The largest absolute Gasteiger partial charge is 0.497 e. The highest BCUT2D eigenvalue weighted by Crippen LogP contribution is 2.27. The summed E-state index contributed by atoms with van der Waals surface area (Å²) in [5.41, 5.74) is 1.10. The Morgan fingerprint density at radius 2 is 1.80 bits per heavy atom. The van der Waals surface area contributed by atoms with Crippen molar-refractivity contribution >= 4 is 0 Å². The van der Waals surface area contributed by atoms with E-state index < -0.39 is 0 Å². The van der Waals surface area contributed by atoms with Gasteiger partial charge in [-0.3, -0.25) is 0 Å². The summed E-state index contributed by atoms with van der Waals surface area (Å²) >= 11 is 0. The summed E-state index contributed by atoms with van der Waals surface area (Å²) < 4.78 is 15.8. The van der Waals surface area contributed by atoms with Crippen molar-refractivity contribution in [1.82, 2.24) is 0 Å². The van der Waals surface area contributed by atoms with E-state index in [1.54, 1.807) is 14.2 Å². The third-order valence-corrected chi connectivity index (χ3v) is 2.40. The minimum Gasteiger partial charge on any atom is -0.497 e. The van der Waals surface area contributed by atoms with Crippen molar-refractivity contribution in [2.24, 2.45) is 0 Å². The van der Waals surface area contributed by atoms with Gasteiger partial charge in [-0.1, -0.05) is 18.2 Å². The predicted octanol–water partition coefficient (Wildman–Crippen LogP) is 2.30. The second-order valence-corrected chi connectivity index (χ2v) is 3.32. The summed E-state index contributed by atoms with van der Waals surface area (Å²) in [5, 5.41) is 0. The second kappa shape index (κ2) is 4.47. The van der Waals surface area contributed by atoms with Crippen LogP contribution in [0.15, 0.2) is 36.4 Å². The Balaban J connectivity index is 2.08. The fraction of sp³-hybridized carbons (Fsp3) is 0.333. The first-order valence-corrected chi connectivity index (χ1v) is 4.84. The fourth-order valence-electron chi connectivity index (χ4n) is 1.54. The van der Waals surface area contributed by atoms with Crippen molar-refractivity contribution in [3.8, 4) is 5.75 Å². The molecule has 2 rings (SSSR count). The standard InChI is InChI=1S/C12H14O3/c1-13-10-5-3-9(4-6-10)11-7-8-12(14-2)15-11/h3-8,11-12H,1-2H3. The molecule has 0 saturated carbocycles. The number of hydrogen-bond acceptors (Lipinski definition) is 3. The maximum Gasteiger partial charge on any atom is 0.177 e. The molecule has 3 nitrogen and oxygen atoms in total. The third kappa shape index (κ3) is 2.19. The van der Waals surface area contributed by atoms with Gasteiger partial charge >= 0.3 is 0 Å². The summed E-state index contributed by atoms with van der Waals surface area (Å²) in [6.07, 6.45) is 3.67. The van der Waals surface area contributed by atoms with Crippen LogP contribution in [0.3, 0.4) is 0 Å². The van der Waals surface area contributed by atoms with Crippen LogP contribution in [0.25, 0.3) is 0 Å². The molecule has 3 heteroatoms. The average Bonchev–Trinajstić information content (AvgIpc) is 2.78. The summed E-state index contributed by atoms with van der Waals surface area (Å²) in [6.45, 7) is 0. The van der Waals surface area contributed by atoms with E-state index in [9.17, 15) is 0 Å². The molecule has 15 heavy (non-hydrogen) atoms. The van der Waals surface area contributed by atoms with Crippen LogP contribution >= 0.6 is 0 Å². The van der Waals surface area contributed by atoms with Crippen molar-refractivity contribution in [3.63, 3.8) is 0 Å². The molecule has 0 bridgehead atoms. The normalized spacial score (nSPS) is 24.4. The van der Waals surface area contributed by atoms with Crippen molar-refractivity contribution in [2.75, 3.05) is 14.2 Å². The Kier molecular flexibility index (Phi) is 3.04. The summed E-state index contributed by atoms with van der Waals surface area (Å²) in [7, 11) is 3.29. The summed E-state index contributed by atoms with van der Waals surface area (Å²) in [6, 6.07) is 7.83. The van der Waals surface area contributed by atoms with Gasteiger partial charge < -0.3 is 14.2 Å². The van der Waals surface area contributed by atoms with Crippen LogP contribution in [-0.4, -0.2) is 20.5 Å². The Morgan fingerprint density at radius 3 is 2.33 bits per heavy atom. The van der Waals surface area contributed by atoms with Gasteiger partial charge in [-0.25, -0.2) is 0 Å². The Bertz CT molecular complexity index is 342. The quantitative estimate of drug-likeness (QED) is 0.710. The van der Waals surface area contributed by atoms with Gasteiger partial charge in [0.15, 0.2) is 6.29 Å². The zero-order valence-electron chi connectivity index (χ0n) is 8.84. The van der Waals surface area contributed by atoms with Gasteiger partial charge in [0.2, 0.25) is 0 Å². The second-order valence-electron chi connectivity index (χ2n) is 3.32. The van der Waals surface area contributed by atoms with Gasteiger partial charge in [0.05, 0.1) is 7.11 Å². The monoisotopic (exact) mass is 206 g/mol. The van der Waals surface area contributed by atoms with Gasteiger partial charge in [0.1, 0.15) is 11.9 Å². The van der Waals surface area contributed by atoms with Crippen LogP contribution in [0.4, 0.5) is 0 Å². The third-order valence-electron chi connectivity index (χ3n) is 2.40. The van der Waals surface area contributed by atoms with Crippen LogP contribution in [0.5, 0.6) is 5.75 Å². The van der Waals surface area contributed by atoms with Crippen molar-refractivity contribution in [3.05, 3.63) is 42.0 Å². The highest BCUT2D eigenvalue weighted by molar-refractivity contribution is 5.31. The Hall–Kier alpha value is -1.32. The van der Waals surface area contributed by atoms with E-state index in [-0.39, 0.29) is 12.4 Å². The molecule has 2 unspecified atom stereocenters. The molecule has 0 fully saturated rings. The van der Waals surface area contributed by atoms with Gasteiger partial charge in [-0.2, -0.15) is 0 Å². The lowest BCUT2D eigenvalue weighted by Crippen LogP contribution is -2.08. The Labute approximate surface area is 89.3 Å². The van der Waals surface area contributed by atoms with E-state index in [0.29, 0.717) is 0 Å². The zero-order valence-corrected chi connectivity index (χ0v) is 8.84. The molecule has 0 N–H and O–H groups in total. The molecule has 0 aliphatic carbocycles. The van der Waals surface area contributed by atoms with E-state index in [1.165, 1.54) is 0 Å². The molecule has 1 aromatic rings. The molecule has 0 saturated heterocycles. The molecular weight excluding hydrogens is 192 g/mol. The van der Waals surface area contributed by atoms with Crippen LogP contribution in [0, 0.1) is 0 Å². The van der Waals surface area contributed by atoms with Crippen molar-refractivity contribution in [1.29, 1.82) is 0 Å². The molecular formula is C12H14O3. The van der Waals surface area contributed by atoms with Gasteiger partial charge in [-0.15, -0.1) is 0 Å². The minimum atomic E-state index is -0.225. The van der Waals surface area contributed by atoms with E-state index in [0.717, 1.165) is 11.3 Å². The molecule has 80 valence electrons. The van der Waals surface area contributed by atoms with Crippen LogP contribution in [0.1, 0.15) is 11.7 Å². The van der Waals surface area contributed by atoms with Crippen LogP contribution in [-0.2, 0) is 9.47 Å². The molecule has 1 aliphatic rings. The molecule has 0 aromatic heterocycles.